The molecule has 1 aliphatic rings. The number of hydrogen-bond acceptors (Lipinski definition) is 2. The minimum absolute atomic E-state index is 0.0551. The second-order valence-corrected chi connectivity index (χ2v) is 8.28. The van der Waals surface area contributed by atoms with Crippen molar-refractivity contribution in [1.82, 2.24) is 0 Å². The molecule has 1 unspecified atom stereocenters. The van der Waals surface area contributed by atoms with Crippen LogP contribution in [0.5, 0.6) is 0 Å². The zero-order valence-corrected chi connectivity index (χ0v) is 18.3. The lowest BCUT2D eigenvalue weighted by atomic mass is 10.1. The molecule has 1 aliphatic heterocycles. The number of carbonyl (C=O) groups excluding carboxylic acids is 2. The van der Waals surface area contributed by atoms with Crippen molar-refractivity contribution < 1.29 is 9.59 Å². The summed E-state index contributed by atoms with van der Waals surface area (Å²) in [5, 5.41) is 0. The normalized spacial score (nSPS) is 16.3. The predicted molar refractivity (Wildman–Crippen MR) is 124 cm³/mol. The molecule has 4 heteroatoms. The van der Waals surface area contributed by atoms with Crippen LogP contribution in [0.3, 0.4) is 0 Å². The molecule has 0 N–H and O–H groups in total. The molecular weight excluding hydrogens is 372 g/mol. The third-order valence-corrected chi connectivity index (χ3v) is 5.86. The van der Waals surface area contributed by atoms with Gasteiger partial charge in [0.15, 0.2) is 0 Å². The maximum Gasteiger partial charge on any atom is 0.258 e. The third kappa shape index (κ3) is 5.29. The molecule has 0 saturated heterocycles. The van der Waals surface area contributed by atoms with Gasteiger partial charge >= 0.3 is 0 Å². The van der Waals surface area contributed by atoms with Crippen LogP contribution in [-0.2, 0) is 4.79 Å². The van der Waals surface area contributed by atoms with Gasteiger partial charge in [-0.2, -0.15) is 0 Å². The Morgan fingerprint density at radius 1 is 0.867 bits per heavy atom. The van der Waals surface area contributed by atoms with Gasteiger partial charge in [-0.25, -0.2) is 0 Å². The number of anilines is 2. The molecule has 3 rings (SSSR count). The summed E-state index contributed by atoms with van der Waals surface area (Å²) in [4.78, 5) is 30.1. The lowest BCUT2D eigenvalue weighted by Crippen LogP contribution is -2.38. The van der Waals surface area contributed by atoms with Crippen molar-refractivity contribution in [2.24, 2.45) is 5.92 Å². The Morgan fingerprint density at radius 3 is 2.17 bits per heavy atom. The highest BCUT2D eigenvalue weighted by molar-refractivity contribution is 6.11. The van der Waals surface area contributed by atoms with E-state index in [4.69, 9.17) is 0 Å². The van der Waals surface area contributed by atoms with Crippen LogP contribution in [0.15, 0.2) is 54.6 Å². The summed E-state index contributed by atoms with van der Waals surface area (Å²) >= 11 is 0. The van der Waals surface area contributed by atoms with E-state index in [0.717, 1.165) is 24.2 Å². The average Bonchev–Trinajstić information content (AvgIpc) is 2.88. The van der Waals surface area contributed by atoms with E-state index < -0.39 is 0 Å². The fraction of sp³-hybridized carbons (Fsp3) is 0.462. The Balaban J connectivity index is 1.77. The number of para-hydroxylation sites is 2. The molecule has 160 valence electrons. The van der Waals surface area contributed by atoms with E-state index in [2.05, 4.69) is 6.92 Å². The van der Waals surface area contributed by atoms with Gasteiger partial charge in [0, 0.05) is 18.7 Å². The number of benzene rings is 2. The largest absolute Gasteiger partial charge is 0.310 e. The second kappa shape index (κ2) is 11.0. The molecule has 1 heterocycles. The van der Waals surface area contributed by atoms with Gasteiger partial charge in [0.05, 0.1) is 17.3 Å². The molecule has 2 aromatic rings. The molecular formula is C26H34N2O2. The molecule has 0 aromatic heterocycles. The summed E-state index contributed by atoms with van der Waals surface area (Å²) in [5.74, 6) is -0.188. The summed E-state index contributed by atoms with van der Waals surface area (Å²) in [5.41, 5.74) is 2.32. The molecule has 0 bridgehead atoms. The highest BCUT2D eigenvalue weighted by Gasteiger charge is 2.33. The van der Waals surface area contributed by atoms with Crippen LogP contribution >= 0.6 is 0 Å². The maximum atomic E-state index is 13.3. The summed E-state index contributed by atoms with van der Waals surface area (Å²) in [6.07, 6.45) is 8.49. The molecule has 2 aromatic carbocycles. The monoisotopic (exact) mass is 406 g/mol. The van der Waals surface area contributed by atoms with Crippen molar-refractivity contribution >= 4 is 23.2 Å². The fourth-order valence-electron chi connectivity index (χ4n) is 4.14. The van der Waals surface area contributed by atoms with Crippen molar-refractivity contribution in [3.8, 4) is 0 Å². The Labute approximate surface area is 180 Å². The van der Waals surface area contributed by atoms with Crippen molar-refractivity contribution in [3.63, 3.8) is 0 Å². The van der Waals surface area contributed by atoms with Crippen LogP contribution < -0.4 is 9.80 Å². The minimum atomic E-state index is -0.241. The lowest BCUT2D eigenvalue weighted by Gasteiger charge is -2.25. The maximum absolute atomic E-state index is 13.3. The quantitative estimate of drug-likeness (QED) is 0.474. The molecule has 4 nitrogen and oxygen atoms in total. The van der Waals surface area contributed by atoms with E-state index in [0.29, 0.717) is 18.7 Å². The second-order valence-electron chi connectivity index (χ2n) is 8.28. The average molecular weight is 407 g/mol. The number of carbonyl (C=O) groups is 2. The van der Waals surface area contributed by atoms with Crippen LogP contribution in [0.1, 0.15) is 69.2 Å². The first-order valence-electron chi connectivity index (χ1n) is 11.4. The van der Waals surface area contributed by atoms with Gasteiger partial charge in [0.2, 0.25) is 5.91 Å². The number of fused-ring (bicyclic) bond motifs is 1. The minimum Gasteiger partial charge on any atom is -0.310 e. The van der Waals surface area contributed by atoms with E-state index >= 15 is 0 Å². The standard InChI is InChI=1S/C26H34N2O2/c1-3-4-5-6-7-8-14-19-27-23-17-12-13-18-24(23)28(20-21(2)25(27)29)26(30)22-15-10-9-11-16-22/h9-13,15-18,21H,3-8,14,19-20H2,1-2H3. The molecule has 0 saturated carbocycles. The molecule has 30 heavy (non-hydrogen) atoms. The molecule has 0 aliphatic carbocycles. The van der Waals surface area contributed by atoms with Crippen molar-refractivity contribution in [1.29, 1.82) is 0 Å². The first kappa shape index (κ1) is 22.1. The van der Waals surface area contributed by atoms with Gasteiger partial charge in [-0.3, -0.25) is 9.59 Å². The predicted octanol–water partition coefficient (Wildman–Crippen LogP) is 6.07. The summed E-state index contributed by atoms with van der Waals surface area (Å²) < 4.78 is 0. The third-order valence-electron chi connectivity index (χ3n) is 5.86. The highest BCUT2D eigenvalue weighted by Crippen LogP contribution is 2.35. The van der Waals surface area contributed by atoms with E-state index in [-0.39, 0.29) is 17.7 Å². The van der Waals surface area contributed by atoms with E-state index in [1.165, 1.54) is 32.1 Å². The molecule has 0 radical (unpaired) electrons. The molecule has 0 spiro atoms. The Hall–Kier alpha value is -2.62. The Bertz CT molecular complexity index is 834. The number of unbranched alkanes of at least 4 members (excludes halogenated alkanes) is 6. The van der Waals surface area contributed by atoms with Gasteiger partial charge in [-0.15, -0.1) is 0 Å². The van der Waals surface area contributed by atoms with Crippen molar-refractivity contribution in [2.45, 2.75) is 58.8 Å². The van der Waals surface area contributed by atoms with Gasteiger partial charge in [-0.05, 0) is 30.7 Å². The Morgan fingerprint density at radius 2 is 1.47 bits per heavy atom. The summed E-state index contributed by atoms with van der Waals surface area (Å²) in [7, 11) is 0. The van der Waals surface area contributed by atoms with Crippen LogP contribution in [0.25, 0.3) is 0 Å². The molecule has 0 fully saturated rings. The summed E-state index contributed by atoms with van der Waals surface area (Å²) in [6, 6.07) is 17.1. The molecule has 2 amide bonds. The fourth-order valence-corrected chi connectivity index (χ4v) is 4.14. The van der Waals surface area contributed by atoms with Crippen molar-refractivity contribution in [2.75, 3.05) is 22.9 Å². The van der Waals surface area contributed by atoms with E-state index in [1.807, 2.05) is 66.4 Å². The van der Waals surface area contributed by atoms with Gasteiger partial charge < -0.3 is 9.80 Å². The number of rotatable bonds is 9. The number of nitrogens with zero attached hydrogens (tertiary/aromatic N) is 2. The van der Waals surface area contributed by atoms with Crippen LogP contribution in [0.4, 0.5) is 11.4 Å². The van der Waals surface area contributed by atoms with Gasteiger partial charge in [0.25, 0.3) is 5.91 Å². The highest BCUT2D eigenvalue weighted by atomic mass is 16.2. The van der Waals surface area contributed by atoms with E-state index in [1.54, 1.807) is 4.90 Å². The van der Waals surface area contributed by atoms with Crippen LogP contribution in [0, 0.1) is 5.92 Å². The lowest BCUT2D eigenvalue weighted by molar-refractivity contribution is -0.121. The molecule has 1 atom stereocenters. The first-order chi connectivity index (χ1) is 14.6. The van der Waals surface area contributed by atoms with E-state index in [9.17, 15) is 9.59 Å². The van der Waals surface area contributed by atoms with Gasteiger partial charge in [-0.1, -0.05) is 82.7 Å². The first-order valence-corrected chi connectivity index (χ1v) is 11.4. The summed E-state index contributed by atoms with van der Waals surface area (Å²) in [6.45, 7) is 5.27. The van der Waals surface area contributed by atoms with Crippen LogP contribution in [-0.4, -0.2) is 24.9 Å². The van der Waals surface area contributed by atoms with Crippen LogP contribution in [0.2, 0.25) is 0 Å². The SMILES string of the molecule is CCCCCCCCCN1C(=O)C(C)CN(C(=O)c2ccccc2)c2ccccc21. The van der Waals surface area contributed by atoms with Gasteiger partial charge in [0.1, 0.15) is 0 Å². The zero-order chi connectivity index (χ0) is 21.3. The van der Waals surface area contributed by atoms with Crippen molar-refractivity contribution in [3.05, 3.63) is 60.2 Å². The Kier molecular flexibility index (Phi) is 8.06. The smallest absolute Gasteiger partial charge is 0.258 e. The zero-order valence-electron chi connectivity index (χ0n) is 18.3. The number of hydrogen-bond donors (Lipinski definition) is 0. The number of amides is 2. The topological polar surface area (TPSA) is 40.6 Å².